The van der Waals surface area contributed by atoms with E-state index in [-0.39, 0.29) is 29.3 Å². The zero-order chi connectivity index (χ0) is 21.5. The molecule has 1 aliphatic heterocycles. The van der Waals surface area contributed by atoms with Gasteiger partial charge in [0.1, 0.15) is 5.75 Å². The summed E-state index contributed by atoms with van der Waals surface area (Å²) in [5, 5.41) is 13.2. The Morgan fingerprint density at radius 2 is 1.93 bits per heavy atom. The van der Waals surface area contributed by atoms with Gasteiger partial charge in [-0.15, -0.1) is 0 Å². The van der Waals surface area contributed by atoms with Gasteiger partial charge in [-0.3, -0.25) is 10.1 Å². The van der Waals surface area contributed by atoms with Gasteiger partial charge in [0, 0.05) is 13.1 Å². The van der Waals surface area contributed by atoms with Crippen LogP contribution in [0.25, 0.3) is 10.2 Å². The number of hydrogen-bond acceptors (Lipinski definition) is 7. The first-order valence-electron chi connectivity index (χ1n) is 9.36. The molecule has 2 aromatic carbocycles. The maximum Gasteiger partial charge on any atom is 0.261 e. The fourth-order valence-corrected chi connectivity index (χ4v) is 5.85. The molecule has 0 bridgehead atoms. The number of aromatic nitrogens is 1. The molecule has 0 saturated carbocycles. The second kappa shape index (κ2) is 7.95. The van der Waals surface area contributed by atoms with Crippen LogP contribution in [0.15, 0.2) is 35.2 Å². The van der Waals surface area contributed by atoms with Crippen LogP contribution in [0.3, 0.4) is 0 Å². The van der Waals surface area contributed by atoms with E-state index in [0.29, 0.717) is 18.3 Å². The molecule has 3 aromatic rings. The number of nitrogens with zero attached hydrogens (tertiary/aromatic N) is 2. The number of aryl methyl sites for hydroxylation is 2. The molecular formula is C20H21N3O5S2. The summed E-state index contributed by atoms with van der Waals surface area (Å²) in [5.41, 5.74) is 2.77. The van der Waals surface area contributed by atoms with Crippen LogP contribution in [0.4, 0.5) is 5.13 Å². The van der Waals surface area contributed by atoms with Gasteiger partial charge in [-0.1, -0.05) is 17.4 Å². The number of aromatic hydroxyl groups is 1. The summed E-state index contributed by atoms with van der Waals surface area (Å²) in [7, 11) is -3.79. The van der Waals surface area contributed by atoms with Crippen molar-refractivity contribution in [2.75, 3.05) is 31.6 Å². The number of benzene rings is 2. The molecule has 4 rings (SSSR count). The second-order valence-electron chi connectivity index (χ2n) is 7.10. The van der Waals surface area contributed by atoms with Crippen LogP contribution in [0, 0.1) is 13.8 Å². The molecule has 1 amide bonds. The summed E-state index contributed by atoms with van der Waals surface area (Å²) in [6, 6.07) is 7.70. The summed E-state index contributed by atoms with van der Waals surface area (Å²) >= 11 is 1.32. The van der Waals surface area contributed by atoms with Crippen molar-refractivity contribution >= 4 is 42.6 Å². The van der Waals surface area contributed by atoms with E-state index in [2.05, 4.69) is 10.3 Å². The number of morpholine rings is 1. The van der Waals surface area contributed by atoms with Crippen molar-refractivity contribution in [3.63, 3.8) is 0 Å². The van der Waals surface area contributed by atoms with Crippen molar-refractivity contribution in [2.45, 2.75) is 18.7 Å². The number of phenolic OH excluding ortho intramolecular Hbond substituents is 1. The maximum atomic E-state index is 12.9. The molecule has 0 spiro atoms. The maximum absolute atomic E-state index is 12.9. The Bertz CT molecular complexity index is 1230. The van der Waals surface area contributed by atoms with Crippen LogP contribution in [0.2, 0.25) is 0 Å². The van der Waals surface area contributed by atoms with E-state index in [1.165, 1.54) is 33.8 Å². The number of anilines is 1. The monoisotopic (exact) mass is 447 g/mol. The van der Waals surface area contributed by atoms with Crippen molar-refractivity contribution in [1.82, 2.24) is 9.29 Å². The standard InChI is InChI=1S/C20H21N3O5S2/c1-12-9-13(2)18-17(10-12)29-20(21-18)22-19(25)15-11-14(3-4-16(15)24)30(26,27)23-5-7-28-8-6-23/h3-4,9-11,24H,5-8H2,1-2H3,(H,21,22,25). The average Bonchev–Trinajstić information content (AvgIpc) is 3.11. The fourth-order valence-electron chi connectivity index (χ4n) is 3.38. The van der Waals surface area contributed by atoms with Gasteiger partial charge in [0.05, 0.1) is 33.9 Å². The van der Waals surface area contributed by atoms with E-state index < -0.39 is 15.9 Å². The third-order valence-electron chi connectivity index (χ3n) is 4.87. The Labute approximate surface area is 178 Å². The lowest BCUT2D eigenvalue weighted by molar-refractivity contribution is 0.0730. The Balaban J connectivity index is 1.63. The molecule has 1 fully saturated rings. The number of amides is 1. The number of rotatable bonds is 4. The minimum Gasteiger partial charge on any atom is -0.507 e. The highest BCUT2D eigenvalue weighted by molar-refractivity contribution is 7.89. The Hall–Kier alpha value is -2.53. The molecule has 158 valence electrons. The topological polar surface area (TPSA) is 109 Å². The number of thiazole rings is 1. The first-order chi connectivity index (χ1) is 14.3. The number of phenols is 1. The number of sulfonamides is 1. The average molecular weight is 448 g/mol. The predicted octanol–water partition coefficient (Wildman–Crippen LogP) is 2.89. The van der Waals surface area contributed by atoms with E-state index in [0.717, 1.165) is 21.3 Å². The molecule has 1 saturated heterocycles. The molecule has 10 heteroatoms. The smallest absolute Gasteiger partial charge is 0.261 e. The van der Waals surface area contributed by atoms with Crippen LogP contribution in [-0.4, -0.2) is 55.0 Å². The molecule has 1 aliphatic rings. The van der Waals surface area contributed by atoms with Crippen LogP contribution in [0.5, 0.6) is 5.75 Å². The summed E-state index contributed by atoms with van der Waals surface area (Å²) in [5.74, 6) is -0.929. The zero-order valence-electron chi connectivity index (χ0n) is 16.5. The lowest BCUT2D eigenvalue weighted by Gasteiger charge is -2.26. The van der Waals surface area contributed by atoms with Gasteiger partial charge < -0.3 is 9.84 Å². The van der Waals surface area contributed by atoms with Crippen molar-refractivity contribution < 1.29 is 23.1 Å². The van der Waals surface area contributed by atoms with E-state index >= 15 is 0 Å². The largest absolute Gasteiger partial charge is 0.507 e. The highest BCUT2D eigenvalue weighted by Crippen LogP contribution is 2.31. The number of ether oxygens (including phenoxy) is 1. The van der Waals surface area contributed by atoms with Gasteiger partial charge in [0.15, 0.2) is 5.13 Å². The first-order valence-corrected chi connectivity index (χ1v) is 11.6. The summed E-state index contributed by atoms with van der Waals surface area (Å²) in [6.07, 6.45) is 0. The number of hydrogen-bond donors (Lipinski definition) is 2. The van der Waals surface area contributed by atoms with E-state index in [1.807, 2.05) is 26.0 Å². The fraction of sp³-hybridized carbons (Fsp3) is 0.300. The van der Waals surface area contributed by atoms with Crippen molar-refractivity contribution in [1.29, 1.82) is 0 Å². The van der Waals surface area contributed by atoms with Gasteiger partial charge >= 0.3 is 0 Å². The Morgan fingerprint density at radius 1 is 1.20 bits per heavy atom. The molecule has 0 aliphatic carbocycles. The van der Waals surface area contributed by atoms with Crippen molar-refractivity contribution in [2.24, 2.45) is 0 Å². The molecule has 2 heterocycles. The lowest BCUT2D eigenvalue weighted by atomic mass is 10.1. The van der Waals surface area contributed by atoms with Gasteiger partial charge in [-0.25, -0.2) is 13.4 Å². The predicted molar refractivity (Wildman–Crippen MR) is 115 cm³/mol. The second-order valence-corrected chi connectivity index (χ2v) is 10.1. The van der Waals surface area contributed by atoms with Gasteiger partial charge in [0.2, 0.25) is 10.0 Å². The molecule has 8 nitrogen and oxygen atoms in total. The third-order valence-corrected chi connectivity index (χ3v) is 7.68. The minimum atomic E-state index is -3.79. The van der Waals surface area contributed by atoms with Gasteiger partial charge in [0.25, 0.3) is 5.91 Å². The van der Waals surface area contributed by atoms with E-state index in [1.54, 1.807) is 0 Å². The SMILES string of the molecule is Cc1cc(C)c2nc(NC(=O)c3cc(S(=O)(=O)N4CCOCC4)ccc3O)sc2c1. The van der Waals surface area contributed by atoms with Crippen molar-refractivity contribution in [3.05, 3.63) is 47.0 Å². The molecule has 0 radical (unpaired) electrons. The van der Waals surface area contributed by atoms with Crippen LogP contribution in [0.1, 0.15) is 21.5 Å². The Kier molecular flexibility index (Phi) is 5.49. The van der Waals surface area contributed by atoms with Crippen LogP contribution in [-0.2, 0) is 14.8 Å². The summed E-state index contributed by atoms with van der Waals surface area (Å²) in [4.78, 5) is 17.2. The van der Waals surface area contributed by atoms with Gasteiger partial charge in [-0.05, 0) is 49.2 Å². The minimum absolute atomic E-state index is 0.0527. The lowest BCUT2D eigenvalue weighted by Crippen LogP contribution is -2.40. The Morgan fingerprint density at radius 3 is 2.67 bits per heavy atom. The third kappa shape index (κ3) is 3.91. The first kappa shape index (κ1) is 20.7. The normalized spacial score (nSPS) is 15.4. The highest BCUT2D eigenvalue weighted by Gasteiger charge is 2.28. The number of nitrogens with one attached hydrogen (secondary N) is 1. The molecule has 1 aromatic heterocycles. The highest BCUT2D eigenvalue weighted by atomic mass is 32.2. The number of carbonyl (C=O) groups excluding carboxylic acids is 1. The summed E-state index contributed by atoms with van der Waals surface area (Å²) in [6.45, 7) is 5.07. The zero-order valence-corrected chi connectivity index (χ0v) is 18.1. The number of fused-ring (bicyclic) bond motifs is 1. The van der Waals surface area contributed by atoms with E-state index in [9.17, 15) is 18.3 Å². The van der Waals surface area contributed by atoms with Crippen molar-refractivity contribution in [3.8, 4) is 5.75 Å². The molecular weight excluding hydrogens is 426 g/mol. The van der Waals surface area contributed by atoms with Crippen LogP contribution >= 0.6 is 11.3 Å². The van der Waals surface area contributed by atoms with Gasteiger partial charge in [-0.2, -0.15) is 4.31 Å². The van der Waals surface area contributed by atoms with E-state index in [4.69, 9.17) is 4.74 Å². The quantitative estimate of drug-likeness (QED) is 0.637. The number of carbonyl (C=O) groups is 1. The molecule has 2 N–H and O–H groups in total. The molecule has 30 heavy (non-hydrogen) atoms. The summed E-state index contributed by atoms with van der Waals surface area (Å²) < 4.78 is 33.2. The molecule has 0 unspecified atom stereocenters. The molecule has 0 atom stereocenters. The van der Waals surface area contributed by atoms with Crippen LogP contribution < -0.4 is 5.32 Å².